The van der Waals surface area contributed by atoms with Gasteiger partial charge < -0.3 is 5.73 Å². The maximum Gasteiger partial charge on any atom is 0.0295 e. The number of benzene rings is 1. The second kappa shape index (κ2) is 7.05. The largest absolute Gasteiger partial charge is 0.326 e. The van der Waals surface area contributed by atoms with Crippen LogP contribution in [0.3, 0.4) is 0 Å². The first-order valence-electron chi connectivity index (χ1n) is 7.20. The van der Waals surface area contributed by atoms with Crippen LogP contribution < -0.4 is 5.73 Å². The fourth-order valence-electron chi connectivity index (χ4n) is 2.35. The highest BCUT2D eigenvalue weighted by molar-refractivity contribution is 8.07. The molecule has 0 bridgehead atoms. The Balaban J connectivity index is 1.91. The van der Waals surface area contributed by atoms with Gasteiger partial charge in [-0.25, -0.2) is 0 Å². The summed E-state index contributed by atoms with van der Waals surface area (Å²) in [5.41, 5.74) is 9.21. The molecule has 2 N–H and O–H groups in total. The second-order valence-electron chi connectivity index (χ2n) is 5.46. The Bertz CT molecular complexity index is 390. The molecule has 2 rings (SSSR count). The van der Waals surface area contributed by atoms with Crippen molar-refractivity contribution in [1.29, 1.82) is 0 Å². The van der Waals surface area contributed by atoms with Crippen molar-refractivity contribution in [3.8, 4) is 0 Å². The molecular formula is C16H25NS2. The summed E-state index contributed by atoms with van der Waals surface area (Å²) in [6, 6.07) is 9.22. The van der Waals surface area contributed by atoms with E-state index in [9.17, 15) is 0 Å². The van der Waals surface area contributed by atoms with E-state index in [0.717, 1.165) is 23.3 Å². The molecule has 106 valence electrons. The molecule has 1 aliphatic rings. The van der Waals surface area contributed by atoms with Crippen LogP contribution >= 0.6 is 23.5 Å². The molecule has 4 unspecified atom stereocenters. The highest BCUT2D eigenvalue weighted by Gasteiger charge is 2.29. The molecule has 0 saturated carbocycles. The molecule has 0 amide bonds. The molecule has 1 nitrogen and oxygen atoms in total. The highest BCUT2D eigenvalue weighted by Crippen LogP contribution is 2.37. The van der Waals surface area contributed by atoms with Gasteiger partial charge in [-0.1, -0.05) is 45.0 Å². The van der Waals surface area contributed by atoms with Gasteiger partial charge in [0.25, 0.3) is 0 Å². The summed E-state index contributed by atoms with van der Waals surface area (Å²) < 4.78 is 0. The van der Waals surface area contributed by atoms with Gasteiger partial charge in [-0.3, -0.25) is 0 Å². The first kappa shape index (κ1) is 15.3. The van der Waals surface area contributed by atoms with Crippen LogP contribution in [0.2, 0.25) is 0 Å². The number of nitrogens with two attached hydrogens (primary N) is 1. The highest BCUT2D eigenvalue weighted by atomic mass is 32.2. The van der Waals surface area contributed by atoms with Gasteiger partial charge in [0, 0.05) is 27.5 Å². The minimum atomic E-state index is 0.278. The monoisotopic (exact) mass is 295 g/mol. The third-order valence-corrected chi connectivity index (χ3v) is 7.53. The zero-order valence-corrected chi connectivity index (χ0v) is 13.8. The lowest BCUT2D eigenvalue weighted by Crippen LogP contribution is -2.41. The molecule has 0 radical (unpaired) electrons. The lowest BCUT2D eigenvalue weighted by molar-refractivity contribution is 0.656. The van der Waals surface area contributed by atoms with Crippen LogP contribution in [-0.4, -0.2) is 27.5 Å². The normalized spacial score (nSPS) is 29.2. The van der Waals surface area contributed by atoms with Crippen LogP contribution in [0.4, 0.5) is 0 Å². The van der Waals surface area contributed by atoms with Crippen molar-refractivity contribution < 1.29 is 0 Å². The zero-order chi connectivity index (χ0) is 13.8. The molecule has 19 heavy (non-hydrogen) atoms. The molecule has 1 aromatic carbocycles. The topological polar surface area (TPSA) is 26.0 Å². The summed E-state index contributed by atoms with van der Waals surface area (Å²) in [5.74, 6) is 1.20. The third kappa shape index (κ3) is 4.17. The van der Waals surface area contributed by atoms with Gasteiger partial charge in [-0.15, -0.1) is 0 Å². The van der Waals surface area contributed by atoms with E-state index in [2.05, 4.69) is 68.6 Å². The minimum Gasteiger partial charge on any atom is -0.326 e. The van der Waals surface area contributed by atoms with E-state index < -0.39 is 0 Å². The van der Waals surface area contributed by atoms with Crippen molar-refractivity contribution in [1.82, 2.24) is 0 Å². The summed E-state index contributed by atoms with van der Waals surface area (Å²) >= 11 is 4.16. The predicted octanol–water partition coefficient (Wildman–Crippen LogP) is 3.74. The molecule has 1 aromatic rings. The molecule has 1 saturated heterocycles. The molecule has 4 atom stereocenters. The van der Waals surface area contributed by atoms with E-state index in [1.54, 1.807) is 0 Å². The number of aryl methyl sites for hydroxylation is 1. The van der Waals surface area contributed by atoms with Gasteiger partial charge in [0.1, 0.15) is 0 Å². The molecule has 3 heteroatoms. The van der Waals surface area contributed by atoms with Crippen LogP contribution in [0.15, 0.2) is 24.3 Å². The van der Waals surface area contributed by atoms with Gasteiger partial charge in [-0.05, 0) is 24.0 Å². The quantitative estimate of drug-likeness (QED) is 0.916. The molecule has 1 aliphatic heterocycles. The van der Waals surface area contributed by atoms with Crippen LogP contribution in [-0.2, 0) is 12.8 Å². The number of hydrogen-bond acceptors (Lipinski definition) is 3. The van der Waals surface area contributed by atoms with E-state index >= 15 is 0 Å². The van der Waals surface area contributed by atoms with Crippen molar-refractivity contribution in [3.05, 3.63) is 35.4 Å². The number of thioether (sulfide) groups is 2. The van der Waals surface area contributed by atoms with Crippen molar-refractivity contribution >= 4 is 23.5 Å². The van der Waals surface area contributed by atoms with E-state index in [1.165, 1.54) is 16.9 Å². The van der Waals surface area contributed by atoms with Crippen molar-refractivity contribution in [2.24, 2.45) is 5.73 Å². The number of rotatable bonds is 4. The Morgan fingerprint density at radius 1 is 1.16 bits per heavy atom. The van der Waals surface area contributed by atoms with Crippen LogP contribution in [0.25, 0.3) is 0 Å². The van der Waals surface area contributed by atoms with Gasteiger partial charge >= 0.3 is 0 Å². The van der Waals surface area contributed by atoms with Gasteiger partial charge in [0.2, 0.25) is 0 Å². The fourth-order valence-corrected chi connectivity index (χ4v) is 5.41. The summed E-state index contributed by atoms with van der Waals surface area (Å²) in [6.45, 7) is 6.85. The van der Waals surface area contributed by atoms with Crippen molar-refractivity contribution in [2.45, 2.75) is 55.4 Å². The SMILES string of the molecule is CCc1ccc(CC(N)C2CSC(C)C(C)S2)cc1. The van der Waals surface area contributed by atoms with Crippen molar-refractivity contribution in [3.63, 3.8) is 0 Å². The van der Waals surface area contributed by atoms with Crippen LogP contribution in [0.1, 0.15) is 31.9 Å². The predicted molar refractivity (Wildman–Crippen MR) is 90.3 cm³/mol. The molecular weight excluding hydrogens is 270 g/mol. The maximum atomic E-state index is 6.42. The summed E-state index contributed by atoms with van der Waals surface area (Å²) in [7, 11) is 0. The summed E-state index contributed by atoms with van der Waals surface area (Å²) in [6.07, 6.45) is 2.11. The third-order valence-electron chi connectivity index (χ3n) is 3.95. The zero-order valence-electron chi connectivity index (χ0n) is 12.1. The molecule has 1 fully saturated rings. The molecule has 0 aliphatic carbocycles. The Morgan fingerprint density at radius 2 is 1.79 bits per heavy atom. The lowest BCUT2D eigenvalue weighted by atomic mass is 10.0. The van der Waals surface area contributed by atoms with E-state index in [1.807, 2.05) is 0 Å². The second-order valence-corrected chi connectivity index (χ2v) is 8.49. The first-order valence-corrected chi connectivity index (χ1v) is 9.19. The molecule has 0 spiro atoms. The Kier molecular flexibility index (Phi) is 5.67. The minimum absolute atomic E-state index is 0.278. The van der Waals surface area contributed by atoms with E-state index in [0.29, 0.717) is 5.25 Å². The first-order chi connectivity index (χ1) is 9.10. The summed E-state index contributed by atoms with van der Waals surface area (Å²) in [4.78, 5) is 0. The summed E-state index contributed by atoms with van der Waals surface area (Å²) in [5, 5.41) is 2.08. The van der Waals surface area contributed by atoms with Gasteiger partial charge in [-0.2, -0.15) is 23.5 Å². The average Bonchev–Trinajstić information content (AvgIpc) is 2.42. The Morgan fingerprint density at radius 3 is 2.37 bits per heavy atom. The van der Waals surface area contributed by atoms with E-state index in [-0.39, 0.29) is 6.04 Å². The Labute approximate surface area is 126 Å². The smallest absolute Gasteiger partial charge is 0.0295 e. The number of hydrogen-bond donors (Lipinski definition) is 1. The van der Waals surface area contributed by atoms with E-state index in [4.69, 9.17) is 5.73 Å². The lowest BCUT2D eigenvalue weighted by Gasteiger charge is -2.34. The maximum absolute atomic E-state index is 6.42. The Hall–Kier alpha value is -0.120. The standard InChI is InChI=1S/C16H25NS2/c1-4-13-5-7-14(8-6-13)9-15(17)16-10-18-11(2)12(3)19-16/h5-8,11-12,15-16H,4,9-10,17H2,1-3H3. The molecule has 0 aromatic heterocycles. The van der Waals surface area contributed by atoms with Gasteiger partial charge in [0.05, 0.1) is 0 Å². The van der Waals surface area contributed by atoms with Crippen molar-refractivity contribution in [2.75, 3.05) is 5.75 Å². The average molecular weight is 296 g/mol. The fraction of sp³-hybridized carbons (Fsp3) is 0.625. The van der Waals surface area contributed by atoms with Gasteiger partial charge in [0.15, 0.2) is 0 Å². The van der Waals surface area contributed by atoms with Crippen LogP contribution in [0, 0.1) is 0 Å². The van der Waals surface area contributed by atoms with Crippen LogP contribution in [0.5, 0.6) is 0 Å². The molecule has 1 heterocycles.